The van der Waals surface area contributed by atoms with Gasteiger partial charge in [-0.3, -0.25) is 4.79 Å². The largest absolute Gasteiger partial charge is 0.294 e. The molecule has 0 spiro atoms. The van der Waals surface area contributed by atoms with Gasteiger partial charge in [0.1, 0.15) is 0 Å². The first-order valence-electron chi connectivity index (χ1n) is 6.83. The fourth-order valence-electron chi connectivity index (χ4n) is 2.62. The second kappa shape index (κ2) is 4.72. The van der Waals surface area contributed by atoms with E-state index in [9.17, 15) is 4.79 Å². The lowest BCUT2D eigenvalue weighted by molar-refractivity contribution is 0.101. The molecule has 96 valence electrons. The topological polar surface area (TPSA) is 17.1 Å². The standard InChI is InChI=1S/C17H22O/c1-5-6-7-13-10-15(12(2)18)14-8-9-17(3,4)16(14)11-13/h8-11H,5-7H2,1-4H3. The highest BCUT2D eigenvalue weighted by Gasteiger charge is 2.27. The highest BCUT2D eigenvalue weighted by molar-refractivity contribution is 5.99. The first kappa shape index (κ1) is 13.1. The molecule has 0 N–H and O–H groups in total. The second-order valence-electron chi connectivity index (χ2n) is 5.82. The molecule has 0 heterocycles. The number of allylic oxidation sites excluding steroid dienone is 1. The molecule has 0 saturated carbocycles. The minimum Gasteiger partial charge on any atom is -0.294 e. The quantitative estimate of drug-likeness (QED) is 0.709. The number of unbranched alkanes of at least 4 members (excludes halogenated alkanes) is 1. The van der Waals surface area contributed by atoms with Crippen molar-refractivity contribution in [1.29, 1.82) is 0 Å². The van der Waals surface area contributed by atoms with Crippen LogP contribution in [0, 0.1) is 0 Å². The highest BCUT2D eigenvalue weighted by atomic mass is 16.1. The van der Waals surface area contributed by atoms with Gasteiger partial charge in [0.2, 0.25) is 0 Å². The van der Waals surface area contributed by atoms with Crippen LogP contribution in [-0.4, -0.2) is 5.78 Å². The SMILES string of the molecule is CCCCc1cc(C(C)=O)c2c(c1)C(C)(C)C=C2. The maximum Gasteiger partial charge on any atom is 0.160 e. The zero-order valence-electron chi connectivity index (χ0n) is 11.8. The molecule has 18 heavy (non-hydrogen) atoms. The first-order valence-corrected chi connectivity index (χ1v) is 6.83. The number of hydrogen-bond acceptors (Lipinski definition) is 1. The molecule has 0 unspecified atom stereocenters. The van der Waals surface area contributed by atoms with Gasteiger partial charge in [-0.1, -0.05) is 45.4 Å². The molecular weight excluding hydrogens is 220 g/mol. The summed E-state index contributed by atoms with van der Waals surface area (Å²) in [7, 11) is 0. The van der Waals surface area contributed by atoms with E-state index in [-0.39, 0.29) is 11.2 Å². The van der Waals surface area contributed by atoms with Crippen LogP contribution >= 0.6 is 0 Å². The van der Waals surface area contributed by atoms with E-state index < -0.39 is 0 Å². The Balaban J connectivity index is 2.51. The predicted octanol–water partition coefficient (Wildman–Crippen LogP) is 4.54. The Labute approximate surface area is 110 Å². The number of ketones is 1. The average molecular weight is 242 g/mol. The molecular formula is C17H22O. The van der Waals surface area contributed by atoms with Crippen molar-refractivity contribution >= 4 is 11.9 Å². The van der Waals surface area contributed by atoms with Gasteiger partial charge in [0.15, 0.2) is 5.78 Å². The fraction of sp³-hybridized carbons (Fsp3) is 0.471. The van der Waals surface area contributed by atoms with E-state index in [2.05, 4.69) is 45.1 Å². The van der Waals surface area contributed by atoms with E-state index in [1.165, 1.54) is 24.0 Å². The molecule has 1 aliphatic carbocycles. The third kappa shape index (κ3) is 2.27. The summed E-state index contributed by atoms with van der Waals surface area (Å²) in [4.78, 5) is 11.8. The maximum absolute atomic E-state index is 11.8. The van der Waals surface area contributed by atoms with Crippen LogP contribution in [0.25, 0.3) is 6.08 Å². The fourth-order valence-corrected chi connectivity index (χ4v) is 2.62. The van der Waals surface area contributed by atoms with Crippen molar-refractivity contribution in [3.8, 4) is 0 Å². The lowest BCUT2D eigenvalue weighted by Crippen LogP contribution is -2.13. The van der Waals surface area contributed by atoms with Crippen molar-refractivity contribution in [2.45, 2.75) is 52.4 Å². The number of benzene rings is 1. The van der Waals surface area contributed by atoms with E-state index in [4.69, 9.17) is 0 Å². The van der Waals surface area contributed by atoms with Crippen LogP contribution < -0.4 is 0 Å². The maximum atomic E-state index is 11.8. The number of aryl methyl sites for hydroxylation is 1. The number of hydrogen-bond donors (Lipinski definition) is 0. The summed E-state index contributed by atoms with van der Waals surface area (Å²) in [5.74, 6) is 0.173. The monoisotopic (exact) mass is 242 g/mol. The van der Waals surface area contributed by atoms with Gasteiger partial charge < -0.3 is 0 Å². The molecule has 0 aromatic heterocycles. The van der Waals surface area contributed by atoms with Gasteiger partial charge in [-0.25, -0.2) is 0 Å². The molecule has 0 fully saturated rings. The number of rotatable bonds is 4. The average Bonchev–Trinajstić information content (AvgIpc) is 2.62. The van der Waals surface area contributed by atoms with Gasteiger partial charge in [-0.05, 0) is 42.5 Å². The van der Waals surface area contributed by atoms with Gasteiger partial charge >= 0.3 is 0 Å². The lowest BCUT2D eigenvalue weighted by Gasteiger charge is -2.20. The van der Waals surface area contributed by atoms with Gasteiger partial charge in [-0.2, -0.15) is 0 Å². The van der Waals surface area contributed by atoms with Crippen LogP contribution in [0.4, 0.5) is 0 Å². The summed E-state index contributed by atoms with van der Waals surface area (Å²) in [5, 5.41) is 0. The zero-order chi connectivity index (χ0) is 13.3. The van der Waals surface area contributed by atoms with E-state index in [0.717, 1.165) is 17.5 Å². The molecule has 0 radical (unpaired) electrons. The molecule has 2 rings (SSSR count). The molecule has 0 saturated heterocycles. The molecule has 1 heteroatoms. The van der Waals surface area contributed by atoms with Crippen molar-refractivity contribution < 1.29 is 4.79 Å². The van der Waals surface area contributed by atoms with Crippen molar-refractivity contribution in [2.75, 3.05) is 0 Å². The predicted molar refractivity (Wildman–Crippen MR) is 77.1 cm³/mol. The third-order valence-corrected chi connectivity index (χ3v) is 3.80. The van der Waals surface area contributed by atoms with Crippen LogP contribution in [0.15, 0.2) is 18.2 Å². The Bertz CT molecular complexity index is 507. The van der Waals surface area contributed by atoms with Gasteiger partial charge in [0.05, 0.1) is 0 Å². The Hall–Kier alpha value is -1.37. The van der Waals surface area contributed by atoms with Crippen LogP contribution in [0.5, 0.6) is 0 Å². The Morgan fingerprint density at radius 2 is 2.00 bits per heavy atom. The summed E-state index contributed by atoms with van der Waals surface area (Å²) < 4.78 is 0. The number of fused-ring (bicyclic) bond motifs is 1. The van der Waals surface area contributed by atoms with E-state index in [0.29, 0.717) is 0 Å². The first-order chi connectivity index (χ1) is 8.45. The number of Topliss-reactive ketones (excluding diaryl/α,β-unsaturated/α-hetero) is 1. The minimum atomic E-state index is 0.0573. The molecule has 1 aromatic carbocycles. The van der Waals surface area contributed by atoms with Gasteiger partial charge in [0, 0.05) is 11.0 Å². The van der Waals surface area contributed by atoms with Crippen molar-refractivity contribution in [2.24, 2.45) is 0 Å². The third-order valence-electron chi connectivity index (χ3n) is 3.80. The van der Waals surface area contributed by atoms with E-state index in [1.807, 2.05) is 0 Å². The van der Waals surface area contributed by atoms with Gasteiger partial charge in [0.25, 0.3) is 0 Å². The summed E-state index contributed by atoms with van der Waals surface area (Å²) >= 11 is 0. The molecule has 0 aliphatic heterocycles. The van der Waals surface area contributed by atoms with E-state index in [1.54, 1.807) is 6.92 Å². The Morgan fingerprint density at radius 3 is 2.61 bits per heavy atom. The molecule has 1 aromatic rings. The van der Waals surface area contributed by atoms with Crippen LogP contribution in [0.3, 0.4) is 0 Å². The summed E-state index contributed by atoms with van der Waals surface area (Å²) in [5.41, 5.74) is 4.69. The highest BCUT2D eigenvalue weighted by Crippen LogP contribution is 2.38. The number of carbonyl (C=O) groups excluding carboxylic acids is 1. The Morgan fingerprint density at radius 1 is 1.28 bits per heavy atom. The zero-order valence-corrected chi connectivity index (χ0v) is 11.8. The molecule has 0 bridgehead atoms. The van der Waals surface area contributed by atoms with Gasteiger partial charge in [-0.15, -0.1) is 0 Å². The van der Waals surface area contributed by atoms with Crippen LogP contribution in [0.1, 0.15) is 67.6 Å². The molecule has 0 atom stereocenters. The van der Waals surface area contributed by atoms with Crippen LogP contribution in [0.2, 0.25) is 0 Å². The van der Waals surface area contributed by atoms with Crippen molar-refractivity contribution in [3.63, 3.8) is 0 Å². The Kier molecular flexibility index (Phi) is 3.43. The number of carbonyl (C=O) groups is 1. The minimum absolute atomic E-state index is 0.0573. The molecule has 1 nitrogen and oxygen atoms in total. The molecule has 0 amide bonds. The van der Waals surface area contributed by atoms with E-state index >= 15 is 0 Å². The lowest BCUT2D eigenvalue weighted by atomic mass is 9.83. The molecule has 1 aliphatic rings. The second-order valence-corrected chi connectivity index (χ2v) is 5.82. The van der Waals surface area contributed by atoms with Crippen molar-refractivity contribution in [1.82, 2.24) is 0 Å². The smallest absolute Gasteiger partial charge is 0.160 e. The van der Waals surface area contributed by atoms with Crippen LogP contribution in [-0.2, 0) is 11.8 Å². The summed E-state index contributed by atoms with van der Waals surface area (Å²) in [6.07, 6.45) is 7.75. The van der Waals surface area contributed by atoms with Crippen molar-refractivity contribution in [3.05, 3.63) is 40.5 Å². The summed E-state index contributed by atoms with van der Waals surface area (Å²) in [6.45, 7) is 8.29. The summed E-state index contributed by atoms with van der Waals surface area (Å²) in [6, 6.07) is 4.38. The normalized spacial score (nSPS) is 15.8.